The Hall–Kier alpha value is -0.940. The molecule has 0 fully saturated rings. The first-order chi connectivity index (χ1) is 7.09. The van der Waals surface area contributed by atoms with Gasteiger partial charge in [-0.25, -0.2) is 4.98 Å². The van der Waals surface area contributed by atoms with E-state index in [9.17, 15) is 4.79 Å². The van der Waals surface area contributed by atoms with Crippen LogP contribution in [-0.4, -0.2) is 28.6 Å². The highest BCUT2D eigenvalue weighted by Gasteiger charge is 2.05. The molecule has 0 radical (unpaired) electrons. The topological polar surface area (TPSA) is 62.2 Å². The van der Waals surface area contributed by atoms with Gasteiger partial charge in [-0.1, -0.05) is 0 Å². The van der Waals surface area contributed by atoms with Crippen molar-refractivity contribution in [2.24, 2.45) is 0 Å². The first kappa shape index (κ1) is 12.1. The van der Waals surface area contributed by atoms with Crippen molar-refractivity contribution in [3.8, 4) is 0 Å². The summed E-state index contributed by atoms with van der Waals surface area (Å²) in [7, 11) is 0. The highest BCUT2D eigenvalue weighted by atomic mass is 79.9. The zero-order valence-electron chi connectivity index (χ0n) is 8.40. The molecule has 1 amide bonds. The van der Waals surface area contributed by atoms with Crippen molar-refractivity contribution in [3.63, 3.8) is 0 Å². The van der Waals surface area contributed by atoms with Gasteiger partial charge in [0, 0.05) is 12.7 Å². The van der Waals surface area contributed by atoms with Crippen LogP contribution in [0.4, 0.5) is 0 Å². The molecule has 5 heteroatoms. The molecule has 0 aromatic carbocycles. The number of pyridine rings is 1. The summed E-state index contributed by atoms with van der Waals surface area (Å²) in [5, 5.41) is 11.7. The summed E-state index contributed by atoms with van der Waals surface area (Å²) in [5.74, 6) is -0.171. The van der Waals surface area contributed by atoms with Crippen molar-refractivity contribution in [2.75, 3.05) is 6.54 Å². The molecule has 1 unspecified atom stereocenters. The fourth-order valence-electron chi connectivity index (χ4n) is 1.01. The maximum Gasteiger partial charge on any atom is 0.252 e. The Kier molecular flexibility index (Phi) is 4.71. The van der Waals surface area contributed by atoms with Crippen LogP contribution in [0.15, 0.2) is 22.9 Å². The third-order valence-corrected chi connectivity index (χ3v) is 2.31. The molecular formula is C10H13BrN2O2. The second-order valence-electron chi connectivity index (χ2n) is 3.26. The van der Waals surface area contributed by atoms with Crippen LogP contribution in [0.1, 0.15) is 23.7 Å². The van der Waals surface area contributed by atoms with E-state index in [1.165, 1.54) is 6.20 Å². The quantitative estimate of drug-likeness (QED) is 0.814. The molecule has 1 aromatic rings. The lowest BCUT2D eigenvalue weighted by atomic mass is 10.2. The van der Waals surface area contributed by atoms with E-state index in [0.717, 1.165) is 0 Å². The Labute approximate surface area is 96.8 Å². The molecule has 0 bridgehead atoms. The predicted octanol–water partition coefficient (Wildman–Crippen LogP) is 1.34. The van der Waals surface area contributed by atoms with Crippen molar-refractivity contribution >= 4 is 21.8 Å². The average Bonchev–Trinajstić information content (AvgIpc) is 2.18. The van der Waals surface area contributed by atoms with Crippen LogP contribution in [0, 0.1) is 0 Å². The highest BCUT2D eigenvalue weighted by Crippen LogP contribution is 2.06. The maximum atomic E-state index is 11.5. The number of hydrogen-bond donors (Lipinski definition) is 2. The maximum absolute atomic E-state index is 11.5. The Bertz CT molecular complexity index is 325. The van der Waals surface area contributed by atoms with E-state index in [4.69, 9.17) is 5.11 Å². The lowest BCUT2D eigenvalue weighted by molar-refractivity contribution is 0.0945. The van der Waals surface area contributed by atoms with E-state index < -0.39 is 6.10 Å². The number of hydrogen-bond acceptors (Lipinski definition) is 3. The van der Waals surface area contributed by atoms with E-state index in [-0.39, 0.29) is 5.91 Å². The third kappa shape index (κ3) is 4.40. The normalized spacial score (nSPS) is 12.2. The fourth-order valence-corrected chi connectivity index (χ4v) is 1.24. The largest absolute Gasteiger partial charge is 0.393 e. The number of nitrogens with one attached hydrogen (secondary N) is 1. The molecule has 0 aliphatic rings. The fraction of sp³-hybridized carbons (Fsp3) is 0.400. The number of carbonyl (C=O) groups excluding carboxylic acids is 1. The third-order valence-electron chi connectivity index (χ3n) is 1.84. The monoisotopic (exact) mass is 272 g/mol. The van der Waals surface area contributed by atoms with Gasteiger partial charge in [0.15, 0.2) is 0 Å². The van der Waals surface area contributed by atoms with Gasteiger partial charge in [0.1, 0.15) is 4.60 Å². The van der Waals surface area contributed by atoms with Gasteiger partial charge in [0.05, 0.1) is 11.7 Å². The number of aliphatic hydroxyl groups excluding tert-OH is 1. The van der Waals surface area contributed by atoms with E-state index >= 15 is 0 Å². The van der Waals surface area contributed by atoms with Crippen molar-refractivity contribution < 1.29 is 9.90 Å². The molecule has 82 valence electrons. The second kappa shape index (κ2) is 5.82. The number of aliphatic hydroxyl groups is 1. The minimum atomic E-state index is -0.395. The van der Waals surface area contributed by atoms with Crippen LogP contribution in [0.2, 0.25) is 0 Å². The number of rotatable bonds is 4. The van der Waals surface area contributed by atoms with Crippen LogP contribution in [0.3, 0.4) is 0 Å². The molecule has 0 saturated carbocycles. The van der Waals surface area contributed by atoms with Crippen molar-refractivity contribution in [3.05, 3.63) is 28.5 Å². The molecule has 1 heterocycles. The van der Waals surface area contributed by atoms with Crippen LogP contribution in [0.25, 0.3) is 0 Å². The van der Waals surface area contributed by atoms with Gasteiger partial charge in [0.25, 0.3) is 5.91 Å². The molecule has 0 spiro atoms. The summed E-state index contributed by atoms with van der Waals surface area (Å²) in [6.45, 7) is 2.15. The molecule has 1 aromatic heterocycles. The van der Waals surface area contributed by atoms with E-state index in [1.807, 2.05) is 0 Å². The Balaban J connectivity index is 2.43. The minimum absolute atomic E-state index is 0.171. The minimum Gasteiger partial charge on any atom is -0.393 e. The van der Waals surface area contributed by atoms with Gasteiger partial charge in [-0.15, -0.1) is 0 Å². The van der Waals surface area contributed by atoms with Gasteiger partial charge >= 0.3 is 0 Å². The second-order valence-corrected chi connectivity index (χ2v) is 4.08. The molecule has 0 aliphatic heterocycles. The van der Waals surface area contributed by atoms with Crippen molar-refractivity contribution in [2.45, 2.75) is 19.4 Å². The van der Waals surface area contributed by atoms with Crippen LogP contribution in [-0.2, 0) is 0 Å². The number of carbonyl (C=O) groups is 1. The van der Waals surface area contributed by atoms with E-state index in [2.05, 4.69) is 26.2 Å². The zero-order valence-corrected chi connectivity index (χ0v) is 9.99. The van der Waals surface area contributed by atoms with Crippen LogP contribution >= 0.6 is 15.9 Å². The molecule has 1 rings (SSSR count). The van der Waals surface area contributed by atoms with Gasteiger partial charge in [-0.3, -0.25) is 4.79 Å². The SMILES string of the molecule is CC(O)CCNC(=O)c1ccc(Br)nc1. The molecule has 0 saturated heterocycles. The lowest BCUT2D eigenvalue weighted by Gasteiger charge is -2.06. The molecule has 15 heavy (non-hydrogen) atoms. The molecule has 0 aliphatic carbocycles. The van der Waals surface area contributed by atoms with E-state index in [0.29, 0.717) is 23.1 Å². The molecule has 2 N–H and O–H groups in total. The van der Waals surface area contributed by atoms with Crippen LogP contribution < -0.4 is 5.32 Å². The Morgan fingerprint density at radius 2 is 2.40 bits per heavy atom. The first-order valence-corrected chi connectivity index (χ1v) is 5.46. The predicted molar refractivity (Wildman–Crippen MR) is 60.6 cm³/mol. The number of amides is 1. The molecular weight excluding hydrogens is 260 g/mol. The standard InChI is InChI=1S/C10H13BrN2O2/c1-7(14)4-5-12-10(15)8-2-3-9(11)13-6-8/h2-3,6-7,14H,4-5H2,1H3,(H,12,15). The molecule has 1 atom stereocenters. The number of aromatic nitrogens is 1. The van der Waals surface area contributed by atoms with Gasteiger partial charge in [-0.2, -0.15) is 0 Å². The van der Waals surface area contributed by atoms with E-state index in [1.54, 1.807) is 19.1 Å². The van der Waals surface area contributed by atoms with Crippen LogP contribution in [0.5, 0.6) is 0 Å². The van der Waals surface area contributed by atoms with Crippen molar-refractivity contribution in [1.82, 2.24) is 10.3 Å². The summed E-state index contributed by atoms with van der Waals surface area (Å²) >= 11 is 3.19. The summed E-state index contributed by atoms with van der Waals surface area (Å²) in [5.41, 5.74) is 0.517. The summed E-state index contributed by atoms with van der Waals surface area (Å²) < 4.78 is 0.697. The first-order valence-electron chi connectivity index (χ1n) is 4.67. The highest BCUT2D eigenvalue weighted by molar-refractivity contribution is 9.10. The lowest BCUT2D eigenvalue weighted by Crippen LogP contribution is -2.26. The average molecular weight is 273 g/mol. The zero-order chi connectivity index (χ0) is 11.3. The summed E-state index contributed by atoms with van der Waals surface area (Å²) in [6.07, 6.45) is 1.66. The number of nitrogens with zero attached hydrogens (tertiary/aromatic N) is 1. The summed E-state index contributed by atoms with van der Waals surface area (Å²) in [6, 6.07) is 3.40. The summed E-state index contributed by atoms with van der Waals surface area (Å²) in [4.78, 5) is 15.4. The molecule has 4 nitrogen and oxygen atoms in total. The van der Waals surface area contributed by atoms with Gasteiger partial charge in [0.2, 0.25) is 0 Å². The van der Waals surface area contributed by atoms with Gasteiger partial charge in [-0.05, 0) is 41.4 Å². The smallest absolute Gasteiger partial charge is 0.252 e. The Morgan fingerprint density at radius 3 is 2.93 bits per heavy atom. The number of halogens is 1. The Morgan fingerprint density at radius 1 is 1.67 bits per heavy atom. The van der Waals surface area contributed by atoms with Gasteiger partial charge < -0.3 is 10.4 Å². The van der Waals surface area contributed by atoms with Crippen molar-refractivity contribution in [1.29, 1.82) is 0 Å².